The molecule has 2 aromatic rings. The van der Waals surface area contributed by atoms with Crippen molar-refractivity contribution >= 4 is 23.7 Å². The molecule has 2 heterocycles. The Bertz CT molecular complexity index is 784. The molecule has 0 saturated heterocycles. The van der Waals surface area contributed by atoms with Crippen LogP contribution in [0.15, 0.2) is 11.0 Å². The third-order valence-electron chi connectivity index (χ3n) is 3.02. The van der Waals surface area contributed by atoms with Gasteiger partial charge in [0.15, 0.2) is 5.82 Å². The van der Waals surface area contributed by atoms with Crippen molar-refractivity contribution < 1.29 is 9.53 Å². The molecule has 0 unspecified atom stereocenters. The number of esters is 1. The van der Waals surface area contributed by atoms with Crippen LogP contribution in [0.2, 0.25) is 0 Å². The molecular weight excluding hydrogens is 316 g/mol. The predicted molar refractivity (Wildman–Crippen MR) is 86.4 cm³/mol. The van der Waals surface area contributed by atoms with Crippen LogP contribution in [0.5, 0.6) is 0 Å². The number of nitrogen functional groups attached to an aromatic ring is 3. The number of hydrogen-bond acceptors (Lipinski definition) is 10. The van der Waals surface area contributed by atoms with Crippen molar-refractivity contribution in [1.82, 2.24) is 24.5 Å². The van der Waals surface area contributed by atoms with Crippen LogP contribution in [0.4, 0.5) is 17.7 Å². The van der Waals surface area contributed by atoms with E-state index in [9.17, 15) is 9.59 Å². The maximum Gasteiger partial charge on any atom is 0.349 e. The first-order valence-electron chi connectivity index (χ1n) is 7.20. The summed E-state index contributed by atoms with van der Waals surface area (Å²) in [7, 11) is 0. The second kappa shape index (κ2) is 7.35. The largest absolute Gasteiger partial charge is 0.466 e. The second-order valence-corrected chi connectivity index (χ2v) is 4.80. The van der Waals surface area contributed by atoms with Crippen LogP contribution >= 0.6 is 0 Å². The zero-order chi connectivity index (χ0) is 17.7. The molecule has 11 nitrogen and oxygen atoms in total. The number of anilines is 3. The van der Waals surface area contributed by atoms with E-state index in [4.69, 9.17) is 21.9 Å². The normalized spacial score (nSPS) is 10.5. The Labute approximate surface area is 136 Å². The topological polar surface area (TPSA) is 178 Å². The molecule has 0 aromatic carbocycles. The first-order valence-corrected chi connectivity index (χ1v) is 7.20. The van der Waals surface area contributed by atoms with Crippen LogP contribution in [-0.4, -0.2) is 37.1 Å². The molecule has 0 bridgehead atoms. The first kappa shape index (κ1) is 17.1. The highest BCUT2D eigenvalue weighted by atomic mass is 16.5. The van der Waals surface area contributed by atoms with Gasteiger partial charge in [-0.15, -0.1) is 0 Å². The minimum atomic E-state index is -0.546. The Morgan fingerprint density at radius 2 is 1.83 bits per heavy atom. The number of nitrogens with two attached hydrogens (primary N) is 3. The van der Waals surface area contributed by atoms with Gasteiger partial charge in [-0.05, 0) is 13.3 Å². The number of aromatic nitrogens is 5. The summed E-state index contributed by atoms with van der Waals surface area (Å²) < 4.78 is 6.14. The first-order chi connectivity index (χ1) is 11.4. The smallest absolute Gasteiger partial charge is 0.349 e. The molecular formula is C13H18N8O3. The van der Waals surface area contributed by atoms with Crippen LogP contribution in [0.3, 0.4) is 0 Å². The molecule has 0 spiro atoms. The van der Waals surface area contributed by atoms with Gasteiger partial charge in [-0.1, -0.05) is 0 Å². The number of nitrogens with zero attached hydrogens (tertiary/aromatic N) is 5. The van der Waals surface area contributed by atoms with Gasteiger partial charge in [-0.2, -0.15) is 19.9 Å². The molecule has 0 aliphatic rings. The van der Waals surface area contributed by atoms with Crippen LogP contribution in [0, 0.1) is 0 Å². The Morgan fingerprint density at radius 3 is 2.46 bits per heavy atom. The lowest BCUT2D eigenvalue weighted by Gasteiger charge is -2.09. The highest BCUT2D eigenvalue weighted by Gasteiger charge is 2.13. The molecule has 0 saturated carbocycles. The zero-order valence-corrected chi connectivity index (χ0v) is 13.1. The van der Waals surface area contributed by atoms with Gasteiger partial charge in [-0.3, -0.25) is 9.36 Å². The molecule has 2 aromatic heterocycles. The van der Waals surface area contributed by atoms with Crippen LogP contribution < -0.4 is 22.9 Å². The maximum absolute atomic E-state index is 11.9. The number of aryl methyl sites for hydroxylation is 1. The summed E-state index contributed by atoms with van der Waals surface area (Å²) in [4.78, 5) is 38.5. The molecule has 6 N–H and O–H groups in total. The van der Waals surface area contributed by atoms with E-state index in [1.807, 2.05) is 0 Å². The summed E-state index contributed by atoms with van der Waals surface area (Å²) in [6, 6.07) is 0. The second-order valence-electron chi connectivity index (χ2n) is 4.80. The van der Waals surface area contributed by atoms with E-state index in [1.54, 1.807) is 6.92 Å². The molecule has 0 aliphatic heterocycles. The summed E-state index contributed by atoms with van der Waals surface area (Å²) in [5.41, 5.74) is 16.6. The van der Waals surface area contributed by atoms with E-state index in [1.165, 1.54) is 10.8 Å². The zero-order valence-electron chi connectivity index (χ0n) is 13.1. The maximum atomic E-state index is 11.9. The average Bonchev–Trinajstić information content (AvgIpc) is 2.48. The van der Waals surface area contributed by atoms with E-state index in [-0.39, 0.29) is 42.5 Å². The van der Waals surface area contributed by atoms with Crippen molar-refractivity contribution in [3.63, 3.8) is 0 Å². The molecule has 0 atom stereocenters. The van der Waals surface area contributed by atoms with E-state index < -0.39 is 5.69 Å². The minimum absolute atomic E-state index is 0.0494. The highest BCUT2D eigenvalue weighted by Crippen LogP contribution is 2.20. The van der Waals surface area contributed by atoms with Gasteiger partial charge in [0.1, 0.15) is 5.82 Å². The van der Waals surface area contributed by atoms with Gasteiger partial charge in [0.2, 0.25) is 11.9 Å². The monoisotopic (exact) mass is 334 g/mol. The van der Waals surface area contributed by atoms with Crippen molar-refractivity contribution in [2.75, 3.05) is 23.8 Å². The Kier molecular flexibility index (Phi) is 5.24. The van der Waals surface area contributed by atoms with Crippen LogP contribution in [-0.2, 0) is 16.1 Å². The van der Waals surface area contributed by atoms with Crippen molar-refractivity contribution in [2.45, 2.75) is 26.3 Å². The summed E-state index contributed by atoms with van der Waals surface area (Å²) >= 11 is 0. The van der Waals surface area contributed by atoms with Crippen molar-refractivity contribution in [2.24, 2.45) is 0 Å². The van der Waals surface area contributed by atoms with Crippen molar-refractivity contribution in [1.29, 1.82) is 0 Å². The van der Waals surface area contributed by atoms with Gasteiger partial charge in [0, 0.05) is 19.2 Å². The molecule has 0 aliphatic carbocycles. The molecule has 2 rings (SSSR count). The SMILES string of the molecule is CCOC(=O)CCCn1cc(-c2nc(N)nc(N)n2)c(N)nc1=O. The van der Waals surface area contributed by atoms with Gasteiger partial charge < -0.3 is 21.9 Å². The van der Waals surface area contributed by atoms with Crippen molar-refractivity contribution in [3.8, 4) is 11.4 Å². The number of rotatable bonds is 6. The number of carbonyl (C=O) groups excluding carboxylic acids is 1. The number of carbonyl (C=O) groups is 1. The summed E-state index contributed by atoms with van der Waals surface area (Å²) in [5.74, 6) is -0.406. The molecule has 0 amide bonds. The fraction of sp³-hybridized carbons (Fsp3) is 0.385. The van der Waals surface area contributed by atoms with Gasteiger partial charge in [0.25, 0.3) is 0 Å². The van der Waals surface area contributed by atoms with Crippen LogP contribution in [0.25, 0.3) is 11.4 Å². The number of ether oxygens (including phenoxy) is 1. The lowest BCUT2D eigenvalue weighted by atomic mass is 10.2. The summed E-state index contributed by atoms with van der Waals surface area (Å²) in [6.45, 7) is 2.30. The van der Waals surface area contributed by atoms with E-state index in [0.29, 0.717) is 18.6 Å². The highest BCUT2D eigenvalue weighted by molar-refractivity contribution is 5.69. The molecule has 0 fully saturated rings. The summed E-state index contributed by atoms with van der Waals surface area (Å²) in [5, 5.41) is 0. The summed E-state index contributed by atoms with van der Waals surface area (Å²) in [6.07, 6.45) is 2.04. The van der Waals surface area contributed by atoms with Crippen molar-refractivity contribution in [3.05, 3.63) is 16.7 Å². The van der Waals surface area contributed by atoms with Gasteiger partial charge in [-0.25, -0.2) is 4.79 Å². The fourth-order valence-corrected chi connectivity index (χ4v) is 1.99. The molecule has 11 heteroatoms. The third kappa shape index (κ3) is 4.15. The quantitative estimate of drug-likeness (QED) is 0.565. The van der Waals surface area contributed by atoms with Gasteiger partial charge in [0.05, 0.1) is 12.2 Å². The van der Waals surface area contributed by atoms with E-state index in [2.05, 4.69) is 19.9 Å². The average molecular weight is 334 g/mol. The van der Waals surface area contributed by atoms with E-state index in [0.717, 1.165) is 0 Å². The fourth-order valence-electron chi connectivity index (χ4n) is 1.99. The molecule has 0 radical (unpaired) electrons. The Balaban J connectivity index is 2.25. The minimum Gasteiger partial charge on any atom is -0.466 e. The Hall–Kier alpha value is -3.24. The molecule has 24 heavy (non-hydrogen) atoms. The van der Waals surface area contributed by atoms with E-state index >= 15 is 0 Å². The predicted octanol–water partition coefficient (Wildman–Crippen LogP) is -0.815. The standard InChI is InChI=1S/C13H18N8O3/c1-2-24-8(22)4-3-5-21-6-7(9(14)17-13(21)23)10-18-11(15)20-12(16)19-10/h6H,2-5H2,1H3,(H2,14,17,23)(H4,15,16,18,19,20). The third-order valence-corrected chi connectivity index (χ3v) is 3.02. The van der Waals surface area contributed by atoms with Crippen LogP contribution in [0.1, 0.15) is 19.8 Å². The Morgan fingerprint density at radius 1 is 1.17 bits per heavy atom. The lowest BCUT2D eigenvalue weighted by molar-refractivity contribution is -0.143. The van der Waals surface area contributed by atoms with Gasteiger partial charge >= 0.3 is 11.7 Å². The molecule has 128 valence electrons. The number of hydrogen-bond donors (Lipinski definition) is 3. The lowest BCUT2D eigenvalue weighted by Crippen LogP contribution is -2.25.